The van der Waals surface area contributed by atoms with Gasteiger partial charge in [0.05, 0.1) is 24.7 Å². The van der Waals surface area contributed by atoms with Gasteiger partial charge in [-0.05, 0) is 24.3 Å². The van der Waals surface area contributed by atoms with E-state index in [1.54, 1.807) is 13.3 Å². The second kappa shape index (κ2) is 5.09. The SMILES string of the molecule is COc1cccc(-n2nccc2-c2ccccc2N)c1. The van der Waals surface area contributed by atoms with Gasteiger partial charge in [-0.2, -0.15) is 5.10 Å². The number of nitrogens with zero attached hydrogens (tertiary/aromatic N) is 2. The van der Waals surface area contributed by atoms with E-state index in [0.29, 0.717) is 0 Å². The van der Waals surface area contributed by atoms with E-state index in [1.807, 2.05) is 59.3 Å². The molecule has 20 heavy (non-hydrogen) atoms. The minimum Gasteiger partial charge on any atom is -0.497 e. The summed E-state index contributed by atoms with van der Waals surface area (Å²) in [6.07, 6.45) is 1.77. The average molecular weight is 265 g/mol. The van der Waals surface area contributed by atoms with Crippen molar-refractivity contribution < 1.29 is 4.74 Å². The monoisotopic (exact) mass is 265 g/mol. The van der Waals surface area contributed by atoms with E-state index >= 15 is 0 Å². The van der Waals surface area contributed by atoms with Crippen molar-refractivity contribution in [3.05, 3.63) is 60.8 Å². The van der Waals surface area contributed by atoms with Crippen molar-refractivity contribution in [3.8, 4) is 22.7 Å². The van der Waals surface area contributed by atoms with Crippen LogP contribution in [0.2, 0.25) is 0 Å². The van der Waals surface area contributed by atoms with Crippen LogP contribution in [0.3, 0.4) is 0 Å². The third-order valence-electron chi connectivity index (χ3n) is 3.18. The fourth-order valence-corrected chi connectivity index (χ4v) is 2.19. The molecule has 0 saturated heterocycles. The van der Waals surface area contributed by atoms with Crippen molar-refractivity contribution in [2.45, 2.75) is 0 Å². The zero-order chi connectivity index (χ0) is 13.9. The highest BCUT2D eigenvalue weighted by molar-refractivity contribution is 5.74. The topological polar surface area (TPSA) is 53.1 Å². The Kier molecular flexibility index (Phi) is 3.13. The van der Waals surface area contributed by atoms with Crippen molar-refractivity contribution in [2.75, 3.05) is 12.8 Å². The number of hydrogen-bond donors (Lipinski definition) is 1. The molecule has 0 atom stereocenters. The van der Waals surface area contributed by atoms with Gasteiger partial charge in [0.15, 0.2) is 0 Å². The van der Waals surface area contributed by atoms with Crippen molar-refractivity contribution in [1.82, 2.24) is 9.78 Å². The van der Waals surface area contributed by atoms with Gasteiger partial charge >= 0.3 is 0 Å². The highest BCUT2D eigenvalue weighted by atomic mass is 16.5. The molecule has 3 rings (SSSR count). The molecular weight excluding hydrogens is 250 g/mol. The van der Waals surface area contributed by atoms with Gasteiger partial charge < -0.3 is 10.5 Å². The summed E-state index contributed by atoms with van der Waals surface area (Å²) in [4.78, 5) is 0. The van der Waals surface area contributed by atoms with Gasteiger partial charge in [-0.1, -0.05) is 24.3 Å². The maximum atomic E-state index is 6.05. The molecule has 4 heteroatoms. The maximum absolute atomic E-state index is 6.05. The largest absolute Gasteiger partial charge is 0.497 e. The molecule has 0 amide bonds. The predicted molar refractivity (Wildman–Crippen MR) is 80.0 cm³/mol. The van der Waals surface area contributed by atoms with Crippen LogP contribution in [0.4, 0.5) is 5.69 Å². The normalized spacial score (nSPS) is 10.4. The molecule has 0 bridgehead atoms. The maximum Gasteiger partial charge on any atom is 0.121 e. The lowest BCUT2D eigenvalue weighted by Gasteiger charge is -2.10. The van der Waals surface area contributed by atoms with Gasteiger partial charge in [-0.3, -0.25) is 0 Å². The summed E-state index contributed by atoms with van der Waals surface area (Å²) < 4.78 is 7.11. The first-order chi connectivity index (χ1) is 9.79. The summed E-state index contributed by atoms with van der Waals surface area (Å²) in [5.74, 6) is 0.796. The summed E-state index contributed by atoms with van der Waals surface area (Å²) in [5.41, 5.74) is 9.64. The number of benzene rings is 2. The van der Waals surface area contributed by atoms with Crippen molar-refractivity contribution in [2.24, 2.45) is 0 Å². The minimum atomic E-state index is 0.733. The fourth-order valence-electron chi connectivity index (χ4n) is 2.19. The number of hydrogen-bond acceptors (Lipinski definition) is 3. The molecule has 3 aromatic rings. The number of nitrogens with two attached hydrogens (primary N) is 1. The summed E-state index contributed by atoms with van der Waals surface area (Å²) in [7, 11) is 1.65. The van der Waals surface area contributed by atoms with Crippen LogP contribution < -0.4 is 10.5 Å². The number of nitrogen functional groups attached to an aromatic ring is 1. The first kappa shape index (κ1) is 12.3. The van der Waals surface area contributed by atoms with Gasteiger partial charge in [0.25, 0.3) is 0 Å². The quantitative estimate of drug-likeness (QED) is 0.740. The summed E-state index contributed by atoms with van der Waals surface area (Å²) >= 11 is 0. The molecule has 0 aliphatic carbocycles. The molecule has 1 aromatic heterocycles. The Labute approximate surface area is 117 Å². The average Bonchev–Trinajstić information content (AvgIpc) is 2.97. The van der Waals surface area contributed by atoms with Gasteiger partial charge in [0, 0.05) is 17.3 Å². The van der Waals surface area contributed by atoms with E-state index in [2.05, 4.69) is 5.10 Å². The van der Waals surface area contributed by atoms with E-state index in [-0.39, 0.29) is 0 Å². The minimum absolute atomic E-state index is 0.733. The Hall–Kier alpha value is -2.75. The van der Waals surface area contributed by atoms with Crippen LogP contribution in [0.1, 0.15) is 0 Å². The smallest absolute Gasteiger partial charge is 0.121 e. The molecule has 0 radical (unpaired) electrons. The number of ether oxygens (including phenoxy) is 1. The van der Waals surface area contributed by atoms with Gasteiger partial charge in [0.1, 0.15) is 5.75 Å². The van der Waals surface area contributed by atoms with Crippen molar-refractivity contribution in [3.63, 3.8) is 0 Å². The molecule has 0 saturated carbocycles. The molecule has 2 aromatic carbocycles. The Morgan fingerprint density at radius 2 is 1.90 bits per heavy atom. The molecule has 1 heterocycles. The molecule has 0 aliphatic rings. The highest BCUT2D eigenvalue weighted by Crippen LogP contribution is 2.28. The number of methoxy groups -OCH3 is 1. The fraction of sp³-hybridized carbons (Fsp3) is 0.0625. The second-order valence-electron chi connectivity index (χ2n) is 4.42. The zero-order valence-electron chi connectivity index (χ0n) is 11.2. The van der Waals surface area contributed by atoms with Crippen LogP contribution in [0, 0.1) is 0 Å². The number of anilines is 1. The van der Waals surface area contributed by atoms with Crippen LogP contribution in [0.25, 0.3) is 16.9 Å². The number of para-hydroxylation sites is 1. The van der Waals surface area contributed by atoms with Crippen LogP contribution in [0.15, 0.2) is 60.8 Å². The van der Waals surface area contributed by atoms with Gasteiger partial charge in [-0.25, -0.2) is 4.68 Å². The standard InChI is InChI=1S/C16H15N3O/c1-20-13-6-4-5-12(11-13)19-16(9-10-18-19)14-7-2-3-8-15(14)17/h2-11H,17H2,1H3. The van der Waals surface area contributed by atoms with E-state index in [9.17, 15) is 0 Å². The first-order valence-electron chi connectivity index (χ1n) is 6.33. The van der Waals surface area contributed by atoms with Crippen LogP contribution in [0.5, 0.6) is 5.75 Å². The highest BCUT2D eigenvalue weighted by Gasteiger charge is 2.10. The van der Waals surface area contributed by atoms with E-state index in [4.69, 9.17) is 10.5 Å². The molecule has 0 unspecified atom stereocenters. The molecule has 0 fully saturated rings. The van der Waals surface area contributed by atoms with Crippen LogP contribution in [-0.4, -0.2) is 16.9 Å². The molecular formula is C16H15N3O. The Morgan fingerprint density at radius 3 is 2.70 bits per heavy atom. The van der Waals surface area contributed by atoms with Crippen LogP contribution >= 0.6 is 0 Å². The zero-order valence-corrected chi connectivity index (χ0v) is 11.2. The summed E-state index contributed by atoms with van der Waals surface area (Å²) in [6, 6.07) is 17.5. The molecule has 0 aliphatic heterocycles. The predicted octanol–water partition coefficient (Wildman–Crippen LogP) is 3.13. The van der Waals surface area contributed by atoms with Crippen molar-refractivity contribution in [1.29, 1.82) is 0 Å². The molecule has 0 spiro atoms. The molecule has 4 nitrogen and oxygen atoms in total. The Balaban J connectivity index is 2.13. The number of rotatable bonds is 3. The van der Waals surface area contributed by atoms with E-state index < -0.39 is 0 Å². The number of aromatic nitrogens is 2. The summed E-state index contributed by atoms with van der Waals surface area (Å²) in [5, 5.41) is 4.38. The summed E-state index contributed by atoms with van der Waals surface area (Å²) in [6.45, 7) is 0. The van der Waals surface area contributed by atoms with E-state index in [0.717, 1.165) is 28.4 Å². The van der Waals surface area contributed by atoms with Gasteiger partial charge in [0.2, 0.25) is 0 Å². The molecule has 100 valence electrons. The Bertz CT molecular complexity index is 734. The third-order valence-corrected chi connectivity index (χ3v) is 3.18. The Morgan fingerprint density at radius 1 is 1.05 bits per heavy atom. The van der Waals surface area contributed by atoms with Gasteiger partial charge in [-0.15, -0.1) is 0 Å². The second-order valence-corrected chi connectivity index (χ2v) is 4.42. The lowest BCUT2D eigenvalue weighted by Crippen LogP contribution is -2.00. The van der Waals surface area contributed by atoms with E-state index in [1.165, 1.54) is 0 Å². The lowest BCUT2D eigenvalue weighted by atomic mass is 10.1. The van der Waals surface area contributed by atoms with Crippen molar-refractivity contribution >= 4 is 5.69 Å². The molecule has 2 N–H and O–H groups in total. The first-order valence-corrected chi connectivity index (χ1v) is 6.33. The van der Waals surface area contributed by atoms with Crippen LogP contribution in [-0.2, 0) is 0 Å². The lowest BCUT2D eigenvalue weighted by molar-refractivity contribution is 0.414. The third kappa shape index (κ3) is 2.12.